The molecule has 1 N–H and O–H groups in total. The van der Waals surface area contributed by atoms with Crippen molar-refractivity contribution >= 4 is 64.7 Å². The molecule has 240 valence electrons. The standard InChI is InChI=1S/C31H35N3O9S2/c1-44(37,38)19-18-42-17-16-41-15-13-34-21-25(23-9-4-6-11-27(23)34)29-28(30(35)32-31(29)36)24-20-33(12-7-14-43-45(2,39)40)26-10-5-3-8-22(24)26/h3-6,8-11,20-21H,7,12-19H2,1-2H3,(H,32,35,36). The van der Waals surface area contributed by atoms with Crippen molar-refractivity contribution in [2.45, 2.75) is 19.5 Å². The van der Waals surface area contributed by atoms with Crippen molar-refractivity contribution in [1.82, 2.24) is 14.5 Å². The quantitative estimate of drug-likeness (QED) is 0.109. The molecule has 0 unspecified atom stereocenters. The van der Waals surface area contributed by atoms with E-state index in [4.69, 9.17) is 13.7 Å². The highest BCUT2D eigenvalue weighted by Gasteiger charge is 2.35. The molecule has 0 saturated heterocycles. The van der Waals surface area contributed by atoms with Gasteiger partial charge in [-0.15, -0.1) is 0 Å². The van der Waals surface area contributed by atoms with Crippen molar-refractivity contribution in [3.05, 3.63) is 72.1 Å². The Kier molecular flexibility index (Phi) is 9.89. The first-order chi connectivity index (χ1) is 21.4. The second kappa shape index (κ2) is 13.7. The van der Waals surface area contributed by atoms with E-state index in [0.29, 0.717) is 43.9 Å². The summed E-state index contributed by atoms with van der Waals surface area (Å²) < 4.78 is 65.0. The summed E-state index contributed by atoms with van der Waals surface area (Å²) in [5, 5.41) is 4.08. The van der Waals surface area contributed by atoms with Crippen molar-refractivity contribution in [3.8, 4) is 0 Å². The average Bonchev–Trinajstić information content (AvgIpc) is 3.61. The fraction of sp³-hybridized carbons (Fsp3) is 0.355. The summed E-state index contributed by atoms with van der Waals surface area (Å²) in [5.74, 6) is -1.02. The lowest BCUT2D eigenvalue weighted by Crippen LogP contribution is -2.22. The van der Waals surface area contributed by atoms with Gasteiger partial charge in [0.2, 0.25) is 0 Å². The summed E-state index contributed by atoms with van der Waals surface area (Å²) in [6, 6.07) is 15.2. The zero-order valence-corrected chi connectivity index (χ0v) is 26.7. The molecule has 2 amide bonds. The van der Waals surface area contributed by atoms with Gasteiger partial charge in [-0.2, -0.15) is 8.42 Å². The molecule has 0 bridgehead atoms. The van der Waals surface area contributed by atoms with Gasteiger partial charge in [0.05, 0.1) is 56.2 Å². The van der Waals surface area contributed by atoms with Crippen molar-refractivity contribution in [2.24, 2.45) is 0 Å². The number of imide groups is 1. The van der Waals surface area contributed by atoms with E-state index in [-0.39, 0.29) is 36.7 Å². The summed E-state index contributed by atoms with van der Waals surface area (Å²) in [6.07, 6.45) is 6.26. The van der Waals surface area contributed by atoms with Crippen LogP contribution < -0.4 is 5.32 Å². The van der Waals surface area contributed by atoms with Gasteiger partial charge in [-0.1, -0.05) is 36.4 Å². The Hall–Kier alpha value is -3.82. The molecule has 12 nitrogen and oxygen atoms in total. The van der Waals surface area contributed by atoms with Gasteiger partial charge in [-0.05, 0) is 18.6 Å². The van der Waals surface area contributed by atoms with Crippen LogP contribution in [0.25, 0.3) is 33.0 Å². The van der Waals surface area contributed by atoms with Crippen molar-refractivity contribution in [1.29, 1.82) is 0 Å². The van der Waals surface area contributed by atoms with Crippen LogP contribution in [0.1, 0.15) is 17.5 Å². The fourth-order valence-corrected chi connectivity index (χ4v) is 6.21. The predicted molar refractivity (Wildman–Crippen MR) is 171 cm³/mol. The van der Waals surface area contributed by atoms with Crippen LogP contribution in [0.3, 0.4) is 0 Å². The maximum Gasteiger partial charge on any atom is 0.264 e. The van der Waals surface area contributed by atoms with Crippen LogP contribution in [0, 0.1) is 0 Å². The van der Waals surface area contributed by atoms with Gasteiger partial charge in [0, 0.05) is 64.7 Å². The van der Waals surface area contributed by atoms with Crippen molar-refractivity contribution < 1.29 is 40.1 Å². The fourth-order valence-electron chi connectivity index (χ4n) is 5.37. The highest BCUT2D eigenvalue weighted by Crippen LogP contribution is 2.39. The van der Waals surface area contributed by atoms with E-state index in [1.165, 1.54) is 0 Å². The van der Waals surface area contributed by atoms with Gasteiger partial charge < -0.3 is 18.6 Å². The third-order valence-electron chi connectivity index (χ3n) is 7.33. The first-order valence-corrected chi connectivity index (χ1v) is 18.2. The molecule has 0 saturated carbocycles. The molecule has 2 aromatic heterocycles. The van der Waals surface area contributed by atoms with Gasteiger partial charge in [0.15, 0.2) is 0 Å². The summed E-state index contributed by atoms with van der Waals surface area (Å²) in [7, 11) is -6.63. The lowest BCUT2D eigenvalue weighted by Gasteiger charge is -2.07. The van der Waals surface area contributed by atoms with Crippen LogP contribution in [0.5, 0.6) is 0 Å². The van der Waals surface area contributed by atoms with Crippen LogP contribution in [0.4, 0.5) is 0 Å². The second-order valence-corrected chi connectivity index (χ2v) is 14.7. The number of sulfone groups is 1. The van der Waals surface area contributed by atoms with Crippen LogP contribution in [-0.2, 0) is 56.3 Å². The summed E-state index contributed by atoms with van der Waals surface area (Å²) in [4.78, 5) is 26.7. The monoisotopic (exact) mass is 657 g/mol. The molecule has 1 aliphatic heterocycles. The van der Waals surface area contributed by atoms with E-state index >= 15 is 0 Å². The number of amides is 2. The highest BCUT2D eigenvalue weighted by atomic mass is 32.2. The Labute approximate surface area is 261 Å². The third kappa shape index (κ3) is 7.89. The lowest BCUT2D eigenvalue weighted by molar-refractivity contribution is -0.122. The number of nitrogens with zero attached hydrogens (tertiary/aromatic N) is 2. The van der Waals surface area contributed by atoms with E-state index in [1.54, 1.807) is 0 Å². The Bertz CT molecular complexity index is 1990. The number of aryl methyl sites for hydroxylation is 1. The van der Waals surface area contributed by atoms with E-state index in [1.807, 2.05) is 70.1 Å². The number of nitrogens with one attached hydrogen (secondary N) is 1. The van der Waals surface area contributed by atoms with Gasteiger partial charge in [-0.25, -0.2) is 8.42 Å². The number of fused-ring (bicyclic) bond motifs is 2. The van der Waals surface area contributed by atoms with Crippen LogP contribution in [0.2, 0.25) is 0 Å². The molecule has 45 heavy (non-hydrogen) atoms. The largest absolute Gasteiger partial charge is 0.378 e. The molecule has 0 fully saturated rings. The van der Waals surface area contributed by atoms with E-state index in [2.05, 4.69) is 5.32 Å². The zero-order chi connectivity index (χ0) is 32.2. The number of carbonyl (C=O) groups is 2. The molecule has 14 heteroatoms. The van der Waals surface area contributed by atoms with Crippen molar-refractivity contribution in [3.63, 3.8) is 0 Å². The highest BCUT2D eigenvalue weighted by molar-refractivity contribution is 7.90. The minimum atomic E-state index is -3.55. The third-order valence-corrected chi connectivity index (χ3v) is 8.84. The average molecular weight is 658 g/mol. The molecule has 4 aromatic rings. The number of hydrogen-bond acceptors (Lipinski definition) is 9. The molecular weight excluding hydrogens is 622 g/mol. The molecule has 0 spiro atoms. The first kappa shape index (κ1) is 32.6. The molecule has 1 aliphatic rings. The number of rotatable bonds is 16. The zero-order valence-electron chi connectivity index (χ0n) is 25.0. The molecule has 0 aliphatic carbocycles. The number of hydrogen-bond donors (Lipinski definition) is 1. The van der Waals surface area contributed by atoms with Crippen LogP contribution >= 0.6 is 0 Å². The number of para-hydroxylation sites is 2. The minimum Gasteiger partial charge on any atom is -0.378 e. The molecule has 0 radical (unpaired) electrons. The van der Waals surface area contributed by atoms with Gasteiger partial charge >= 0.3 is 0 Å². The molecule has 0 atom stereocenters. The summed E-state index contributed by atoms with van der Waals surface area (Å²) in [6.45, 7) is 1.96. The Morgan fingerprint density at radius 2 is 1.18 bits per heavy atom. The molecule has 5 rings (SSSR count). The second-order valence-electron chi connectivity index (χ2n) is 10.8. The first-order valence-electron chi connectivity index (χ1n) is 14.4. The normalized spacial score (nSPS) is 14.3. The SMILES string of the molecule is CS(=O)(=O)CCOCCOCCn1cc(C2=C(c3cn(CCCOS(C)(=O)=O)c4ccccc34)C(=O)NC2=O)c2ccccc21. The summed E-state index contributed by atoms with van der Waals surface area (Å²) >= 11 is 0. The minimum absolute atomic E-state index is 0.0209. The number of aromatic nitrogens is 2. The topological polar surface area (TPSA) is 152 Å². The van der Waals surface area contributed by atoms with E-state index in [9.17, 15) is 26.4 Å². The van der Waals surface area contributed by atoms with Crippen molar-refractivity contribution in [2.75, 3.05) is 51.3 Å². The van der Waals surface area contributed by atoms with E-state index < -0.39 is 31.8 Å². The van der Waals surface area contributed by atoms with E-state index in [0.717, 1.165) is 34.3 Å². The lowest BCUT2D eigenvalue weighted by atomic mass is 9.95. The smallest absolute Gasteiger partial charge is 0.264 e. The summed E-state index contributed by atoms with van der Waals surface area (Å²) in [5.41, 5.74) is 3.47. The Balaban J connectivity index is 1.42. The maximum atomic E-state index is 13.4. The number of carbonyl (C=O) groups excluding carboxylic acids is 2. The molecule has 2 aromatic carbocycles. The number of ether oxygens (including phenoxy) is 2. The Morgan fingerprint density at radius 3 is 1.71 bits per heavy atom. The van der Waals surface area contributed by atoms with Crippen LogP contribution in [0.15, 0.2) is 60.9 Å². The maximum absolute atomic E-state index is 13.4. The van der Waals surface area contributed by atoms with Gasteiger partial charge in [-0.3, -0.25) is 19.1 Å². The van der Waals surface area contributed by atoms with Gasteiger partial charge in [0.25, 0.3) is 21.9 Å². The molecule has 3 heterocycles. The Morgan fingerprint density at radius 1 is 0.667 bits per heavy atom. The van der Waals surface area contributed by atoms with Gasteiger partial charge in [0.1, 0.15) is 9.84 Å². The molecular formula is C31H35N3O9S2. The predicted octanol–water partition coefficient (Wildman–Crippen LogP) is 2.61. The number of benzene rings is 2. The van der Waals surface area contributed by atoms with Crippen LogP contribution in [-0.4, -0.2) is 89.1 Å².